The number of aliphatic hydroxyl groups excluding tert-OH is 1. The van der Waals surface area contributed by atoms with E-state index in [4.69, 9.17) is 0 Å². The summed E-state index contributed by atoms with van der Waals surface area (Å²) in [5.41, 5.74) is 2.29. The molecule has 2 aliphatic rings. The van der Waals surface area contributed by atoms with Crippen LogP contribution in [0.4, 0.5) is 10.6 Å². The zero-order valence-electron chi connectivity index (χ0n) is 17.1. The molecule has 0 bridgehead atoms. The first-order chi connectivity index (χ1) is 14.0. The normalized spacial score (nSPS) is 20.3. The van der Waals surface area contributed by atoms with Gasteiger partial charge >= 0.3 is 6.03 Å². The number of aliphatic hydroxyl groups is 1. The maximum absolute atomic E-state index is 12.2. The molecule has 2 N–H and O–H groups in total. The number of imide groups is 1. The van der Waals surface area contributed by atoms with Crippen molar-refractivity contribution in [2.24, 2.45) is 7.05 Å². The number of nitrogens with one attached hydrogen (secondary N) is 1. The molecular formula is C21H29N5O3. The van der Waals surface area contributed by atoms with Crippen molar-refractivity contribution in [2.75, 3.05) is 31.1 Å². The van der Waals surface area contributed by atoms with Crippen molar-refractivity contribution in [2.45, 2.75) is 44.6 Å². The molecular weight excluding hydrogens is 370 g/mol. The van der Waals surface area contributed by atoms with Crippen LogP contribution >= 0.6 is 0 Å². The third-order valence-corrected chi connectivity index (χ3v) is 6.37. The van der Waals surface area contributed by atoms with E-state index in [0.717, 1.165) is 43.3 Å². The Morgan fingerprint density at radius 2 is 2.00 bits per heavy atom. The van der Waals surface area contributed by atoms with Crippen molar-refractivity contribution < 1.29 is 14.7 Å². The van der Waals surface area contributed by atoms with E-state index in [9.17, 15) is 14.7 Å². The molecule has 1 aromatic carbocycles. The van der Waals surface area contributed by atoms with Crippen LogP contribution < -0.4 is 10.2 Å². The molecule has 0 radical (unpaired) electrons. The molecule has 156 valence electrons. The van der Waals surface area contributed by atoms with E-state index in [1.54, 1.807) is 4.90 Å². The molecule has 3 amide bonds. The van der Waals surface area contributed by atoms with E-state index in [1.165, 1.54) is 5.56 Å². The minimum Gasteiger partial charge on any atom is -0.395 e. The molecule has 2 aromatic rings. The summed E-state index contributed by atoms with van der Waals surface area (Å²) in [6.45, 7) is 4.70. The third kappa shape index (κ3) is 3.74. The Morgan fingerprint density at radius 1 is 1.24 bits per heavy atom. The lowest BCUT2D eigenvalue weighted by Gasteiger charge is -2.36. The number of likely N-dealkylation sites (tertiary alicyclic amines) is 1. The summed E-state index contributed by atoms with van der Waals surface area (Å²) in [6, 6.07) is 6.23. The van der Waals surface area contributed by atoms with Gasteiger partial charge in [0.05, 0.1) is 12.1 Å². The van der Waals surface area contributed by atoms with Gasteiger partial charge in [0, 0.05) is 31.4 Å². The van der Waals surface area contributed by atoms with E-state index in [-0.39, 0.29) is 25.0 Å². The van der Waals surface area contributed by atoms with E-state index in [2.05, 4.69) is 34.4 Å². The van der Waals surface area contributed by atoms with Crippen molar-refractivity contribution in [3.05, 3.63) is 23.8 Å². The molecule has 2 aliphatic heterocycles. The number of carbonyl (C=O) groups excluding carboxylic acids is 2. The highest BCUT2D eigenvalue weighted by molar-refractivity contribution is 6.08. The lowest BCUT2D eigenvalue weighted by molar-refractivity contribution is -0.120. The molecule has 8 heteroatoms. The Kier molecular flexibility index (Phi) is 5.56. The zero-order valence-corrected chi connectivity index (χ0v) is 17.1. The van der Waals surface area contributed by atoms with Crippen LogP contribution in [0.25, 0.3) is 10.9 Å². The van der Waals surface area contributed by atoms with Gasteiger partial charge in [-0.05, 0) is 56.0 Å². The van der Waals surface area contributed by atoms with Gasteiger partial charge in [-0.25, -0.2) is 4.79 Å². The van der Waals surface area contributed by atoms with Gasteiger partial charge in [-0.15, -0.1) is 0 Å². The lowest BCUT2D eigenvalue weighted by Crippen LogP contribution is -2.49. The number of rotatable bonds is 5. The van der Waals surface area contributed by atoms with Crippen LogP contribution in [0.15, 0.2) is 18.2 Å². The molecule has 0 spiro atoms. The number of amides is 3. The number of aromatic nitrogens is 2. The quantitative estimate of drug-likeness (QED) is 0.802. The van der Waals surface area contributed by atoms with Crippen molar-refractivity contribution in [1.82, 2.24) is 20.0 Å². The second-order valence-electron chi connectivity index (χ2n) is 8.03. The first-order valence-electron chi connectivity index (χ1n) is 10.4. The van der Waals surface area contributed by atoms with Gasteiger partial charge in [0.25, 0.3) is 0 Å². The number of hydrogen-bond acceptors (Lipinski definition) is 5. The molecule has 29 heavy (non-hydrogen) atoms. The van der Waals surface area contributed by atoms with Crippen molar-refractivity contribution in [3.63, 3.8) is 0 Å². The summed E-state index contributed by atoms with van der Waals surface area (Å²) in [5, 5.41) is 17.4. The lowest BCUT2D eigenvalue weighted by atomic mass is 9.88. The maximum Gasteiger partial charge on any atom is 0.329 e. The van der Waals surface area contributed by atoms with Gasteiger partial charge in [-0.3, -0.25) is 24.6 Å². The van der Waals surface area contributed by atoms with Crippen molar-refractivity contribution >= 4 is 28.7 Å². The Hall–Kier alpha value is -2.45. The number of urea groups is 1. The summed E-state index contributed by atoms with van der Waals surface area (Å²) in [7, 11) is 1.89. The van der Waals surface area contributed by atoms with E-state index >= 15 is 0 Å². The Morgan fingerprint density at radius 3 is 2.66 bits per heavy atom. The minimum absolute atomic E-state index is 0.223. The average molecular weight is 399 g/mol. The predicted molar refractivity (Wildman–Crippen MR) is 111 cm³/mol. The summed E-state index contributed by atoms with van der Waals surface area (Å²) in [5.74, 6) is 0.843. The van der Waals surface area contributed by atoms with Crippen LogP contribution in [0.5, 0.6) is 0 Å². The van der Waals surface area contributed by atoms with Gasteiger partial charge in [0.2, 0.25) is 5.91 Å². The molecule has 8 nitrogen and oxygen atoms in total. The fraction of sp³-hybridized carbons (Fsp3) is 0.571. The van der Waals surface area contributed by atoms with Crippen molar-refractivity contribution in [1.29, 1.82) is 0 Å². The number of anilines is 1. The smallest absolute Gasteiger partial charge is 0.329 e. The van der Waals surface area contributed by atoms with E-state index < -0.39 is 6.03 Å². The topological polar surface area (TPSA) is 90.7 Å². The second-order valence-corrected chi connectivity index (χ2v) is 8.03. The molecule has 0 saturated carbocycles. The molecule has 3 heterocycles. The molecule has 4 rings (SSSR count). The predicted octanol–water partition coefficient (Wildman–Crippen LogP) is 1.97. The SMILES string of the molecule is CCC(CO)N1CCC(c2ccc3c(N4CCC(=O)NC4=O)nn(C)c3c2)CC1. The van der Waals surface area contributed by atoms with Gasteiger partial charge in [0.1, 0.15) is 0 Å². The Balaban J connectivity index is 1.54. The standard InChI is InChI=1S/C21H29N5O3/c1-3-16(13-27)25-9-6-14(7-10-25)15-4-5-17-18(12-15)24(2)23-20(17)26-11-8-19(28)22-21(26)29/h4-5,12,14,16,27H,3,6-11,13H2,1-2H3,(H,22,28,29). The molecule has 1 atom stereocenters. The highest BCUT2D eigenvalue weighted by Gasteiger charge is 2.29. The van der Waals surface area contributed by atoms with Gasteiger partial charge in [-0.1, -0.05) is 13.0 Å². The summed E-state index contributed by atoms with van der Waals surface area (Å²) in [4.78, 5) is 27.6. The highest BCUT2D eigenvalue weighted by Crippen LogP contribution is 2.34. The van der Waals surface area contributed by atoms with E-state index in [1.807, 2.05) is 17.8 Å². The highest BCUT2D eigenvalue weighted by atomic mass is 16.3. The number of benzene rings is 1. The van der Waals surface area contributed by atoms with E-state index in [0.29, 0.717) is 18.3 Å². The number of aryl methyl sites for hydroxylation is 1. The number of nitrogens with zero attached hydrogens (tertiary/aromatic N) is 4. The van der Waals surface area contributed by atoms with Gasteiger partial charge < -0.3 is 5.11 Å². The summed E-state index contributed by atoms with van der Waals surface area (Å²) in [6.07, 6.45) is 3.40. The number of fused-ring (bicyclic) bond motifs is 1. The molecule has 1 aromatic heterocycles. The first kappa shape index (κ1) is 19.8. The van der Waals surface area contributed by atoms with Crippen LogP contribution in [0, 0.1) is 0 Å². The van der Waals surface area contributed by atoms with Crippen molar-refractivity contribution in [3.8, 4) is 0 Å². The fourth-order valence-corrected chi connectivity index (χ4v) is 4.58. The monoisotopic (exact) mass is 399 g/mol. The van der Waals surface area contributed by atoms with Gasteiger partial charge in [-0.2, -0.15) is 5.10 Å². The number of carbonyl (C=O) groups is 2. The fourth-order valence-electron chi connectivity index (χ4n) is 4.58. The zero-order chi connectivity index (χ0) is 20.5. The second kappa shape index (κ2) is 8.12. The average Bonchev–Trinajstić information content (AvgIpc) is 3.05. The maximum atomic E-state index is 12.2. The molecule has 2 saturated heterocycles. The van der Waals surface area contributed by atoms with Crippen LogP contribution in [0.3, 0.4) is 0 Å². The minimum atomic E-state index is -0.410. The largest absolute Gasteiger partial charge is 0.395 e. The van der Waals surface area contributed by atoms with Gasteiger partial charge in [0.15, 0.2) is 5.82 Å². The Bertz CT molecular complexity index is 912. The summed E-state index contributed by atoms with van der Waals surface area (Å²) < 4.78 is 1.81. The summed E-state index contributed by atoms with van der Waals surface area (Å²) >= 11 is 0. The first-order valence-corrected chi connectivity index (χ1v) is 10.4. The number of hydrogen-bond donors (Lipinski definition) is 2. The third-order valence-electron chi connectivity index (χ3n) is 6.37. The van der Waals surface area contributed by atoms with Crippen LogP contribution in [-0.2, 0) is 11.8 Å². The van der Waals surface area contributed by atoms with Crippen LogP contribution in [0.1, 0.15) is 44.1 Å². The molecule has 1 unspecified atom stereocenters. The molecule has 0 aliphatic carbocycles. The number of piperidine rings is 1. The Labute approximate surface area is 170 Å². The van der Waals surface area contributed by atoms with Crippen LogP contribution in [-0.4, -0.2) is 64.0 Å². The van der Waals surface area contributed by atoms with Crippen LogP contribution in [0.2, 0.25) is 0 Å². The molecule has 2 fully saturated rings.